The van der Waals surface area contributed by atoms with Crippen molar-refractivity contribution in [2.45, 2.75) is 25.1 Å². The number of hydrogen-bond acceptors (Lipinski definition) is 5. The van der Waals surface area contributed by atoms with Crippen molar-refractivity contribution in [3.05, 3.63) is 0 Å². The van der Waals surface area contributed by atoms with Crippen LogP contribution in [-0.2, 0) is 9.53 Å². The topological polar surface area (TPSA) is 50.7 Å². The molecule has 0 aromatic carbocycles. The van der Waals surface area contributed by atoms with Gasteiger partial charge in [-0.05, 0) is 6.42 Å². The fourth-order valence-corrected chi connectivity index (χ4v) is 1.27. The molecule has 1 N–H and O–H groups in total. The van der Waals surface area contributed by atoms with Crippen molar-refractivity contribution in [1.29, 1.82) is 0 Å². The van der Waals surface area contributed by atoms with E-state index in [9.17, 15) is 4.79 Å². The van der Waals surface area contributed by atoms with Crippen LogP contribution in [0.25, 0.3) is 0 Å². The van der Waals surface area contributed by atoms with Crippen molar-refractivity contribution in [3.8, 4) is 0 Å². The minimum atomic E-state index is -0.332. The van der Waals surface area contributed by atoms with Gasteiger partial charge in [0.15, 0.2) is 5.37 Å². The zero-order chi connectivity index (χ0) is 8.81. The van der Waals surface area contributed by atoms with Crippen LogP contribution in [0.1, 0.15) is 19.8 Å². The molecule has 0 bridgehead atoms. The van der Waals surface area contributed by atoms with Crippen molar-refractivity contribution in [2.24, 2.45) is 5.10 Å². The second-order valence-electron chi connectivity index (χ2n) is 2.40. The molecule has 0 fully saturated rings. The largest absolute Gasteiger partial charge is 0.463 e. The Morgan fingerprint density at radius 1 is 1.83 bits per heavy atom. The summed E-state index contributed by atoms with van der Waals surface area (Å²) >= 11 is 1.33. The number of hydrazone groups is 1. The smallest absolute Gasteiger partial charge is 0.341 e. The number of nitrogens with one attached hydrogen (secondary N) is 1. The second kappa shape index (κ2) is 5.03. The Labute approximate surface area is 75.7 Å². The molecule has 5 heteroatoms. The number of esters is 1. The van der Waals surface area contributed by atoms with Gasteiger partial charge in [0.05, 0.1) is 12.2 Å². The first-order chi connectivity index (χ1) is 5.84. The molecular weight excluding hydrogens is 176 g/mol. The molecule has 0 spiro atoms. The minimum Gasteiger partial charge on any atom is -0.463 e. The molecule has 1 atom stereocenters. The molecule has 0 radical (unpaired) electrons. The van der Waals surface area contributed by atoms with Crippen LogP contribution in [0.15, 0.2) is 5.10 Å². The van der Waals surface area contributed by atoms with Crippen LogP contribution in [0.3, 0.4) is 0 Å². The molecule has 1 aliphatic rings. The number of hydrogen-bond donors (Lipinski definition) is 1. The number of nitrogens with zero attached hydrogens (tertiary/aromatic N) is 1. The lowest BCUT2D eigenvalue weighted by atomic mass is 10.4. The van der Waals surface area contributed by atoms with E-state index in [0.717, 1.165) is 12.8 Å². The maximum absolute atomic E-state index is 11.1. The standard InChI is InChI=1S/C7H12N2O2S/c1-2-3-4-11-7(10)6-9-8-5-12-6/h5-6,9H,2-4H2,1H3. The van der Waals surface area contributed by atoms with Gasteiger partial charge >= 0.3 is 5.97 Å². The predicted molar refractivity (Wildman–Crippen MR) is 48.9 cm³/mol. The summed E-state index contributed by atoms with van der Waals surface area (Å²) in [6.07, 6.45) is 1.96. The molecule has 0 saturated heterocycles. The molecule has 0 aromatic rings. The van der Waals surface area contributed by atoms with Crippen LogP contribution in [0.5, 0.6) is 0 Å². The number of carbonyl (C=O) groups is 1. The lowest BCUT2D eigenvalue weighted by molar-refractivity contribution is -0.143. The van der Waals surface area contributed by atoms with Gasteiger partial charge in [0.2, 0.25) is 0 Å². The summed E-state index contributed by atoms with van der Waals surface area (Å²) in [5, 5.41) is 3.37. The molecule has 0 amide bonds. The number of rotatable bonds is 4. The van der Waals surface area contributed by atoms with Gasteiger partial charge in [-0.1, -0.05) is 25.1 Å². The van der Waals surface area contributed by atoms with E-state index in [1.54, 1.807) is 5.55 Å². The highest BCUT2D eigenvalue weighted by molar-refractivity contribution is 8.13. The van der Waals surface area contributed by atoms with Crippen LogP contribution in [0, 0.1) is 0 Å². The van der Waals surface area contributed by atoms with Crippen LogP contribution >= 0.6 is 11.8 Å². The normalized spacial score (nSPS) is 20.6. The van der Waals surface area contributed by atoms with E-state index in [4.69, 9.17) is 4.74 Å². The average molecular weight is 188 g/mol. The Morgan fingerprint density at radius 3 is 3.25 bits per heavy atom. The van der Waals surface area contributed by atoms with Gasteiger partial charge in [0.1, 0.15) is 0 Å². The third-order valence-electron chi connectivity index (χ3n) is 1.40. The predicted octanol–water partition coefficient (Wildman–Crippen LogP) is 0.935. The zero-order valence-electron chi connectivity index (χ0n) is 6.95. The zero-order valence-corrected chi connectivity index (χ0v) is 7.76. The van der Waals surface area contributed by atoms with Crippen LogP contribution < -0.4 is 5.43 Å². The number of unbranched alkanes of at least 4 members (excludes halogenated alkanes) is 1. The van der Waals surface area contributed by atoms with E-state index in [2.05, 4.69) is 17.5 Å². The second-order valence-corrected chi connectivity index (χ2v) is 3.36. The molecule has 4 nitrogen and oxygen atoms in total. The fourth-order valence-electron chi connectivity index (χ4n) is 0.721. The fraction of sp³-hybridized carbons (Fsp3) is 0.714. The van der Waals surface area contributed by atoms with Gasteiger partial charge in [-0.2, -0.15) is 5.10 Å². The summed E-state index contributed by atoms with van der Waals surface area (Å²) in [5.74, 6) is -0.231. The third-order valence-corrected chi connectivity index (χ3v) is 2.19. The van der Waals surface area contributed by atoms with Gasteiger partial charge in [-0.3, -0.25) is 5.43 Å². The Balaban J connectivity index is 2.11. The molecule has 1 heterocycles. The van der Waals surface area contributed by atoms with Gasteiger partial charge in [-0.15, -0.1) is 0 Å². The van der Waals surface area contributed by atoms with Crippen molar-refractivity contribution >= 4 is 23.3 Å². The molecular formula is C7H12N2O2S. The molecule has 1 rings (SSSR count). The maximum Gasteiger partial charge on any atom is 0.341 e. The molecule has 1 unspecified atom stereocenters. The van der Waals surface area contributed by atoms with Gasteiger partial charge in [0.25, 0.3) is 0 Å². The summed E-state index contributed by atoms with van der Waals surface area (Å²) < 4.78 is 4.96. The number of carbonyl (C=O) groups excluding carboxylic acids is 1. The van der Waals surface area contributed by atoms with E-state index in [-0.39, 0.29) is 11.3 Å². The van der Waals surface area contributed by atoms with Crippen molar-refractivity contribution in [3.63, 3.8) is 0 Å². The average Bonchev–Trinajstić information content (AvgIpc) is 2.56. The summed E-state index contributed by atoms with van der Waals surface area (Å²) in [6.45, 7) is 2.56. The molecule has 0 aliphatic carbocycles. The maximum atomic E-state index is 11.1. The number of thioether (sulfide) groups is 1. The van der Waals surface area contributed by atoms with E-state index in [1.165, 1.54) is 11.8 Å². The highest BCUT2D eigenvalue weighted by Gasteiger charge is 2.21. The van der Waals surface area contributed by atoms with Gasteiger partial charge < -0.3 is 4.74 Å². The van der Waals surface area contributed by atoms with Gasteiger partial charge in [0, 0.05) is 0 Å². The Morgan fingerprint density at radius 2 is 2.67 bits per heavy atom. The summed E-state index contributed by atoms with van der Waals surface area (Å²) in [7, 11) is 0. The lowest BCUT2D eigenvalue weighted by Gasteiger charge is -2.07. The Bertz CT molecular complexity index is 176. The minimum absolute atomic E-state index is 0.231. The SMILES string of the molecule is CCCCOC(=O)C1NN=CS1. The monoisotopic (exact) mass is 188 g/mol. The highest BCUT2D eigenvalue weighted by atomic mass is 32.2. The quantitative estimate of drug-likeness (QED) is 0.527. The molecule has 12 heavy (non-hydrogen) atoms. The van der Waals surface area contributed by atoms with E-state index >= 15 is 0 Å². The molecule has 0 saturated carbocycles. The lowest BCUT2D eigenvalue weighted by Crippen LogP contribution is -2.28. The van der Waals surface area contributed by atoms with Crippen LogP contribution in [0.4, 0.5) is 0 Å². The summed E-state index contributed by atoms with van der Waals surface area (Å²) in [6, 6.07) is 0. The highest BCUT2D eigenvalue weighted by Crippen LogP contribution is 2.11. The van der Waals surface area contributed by atoms with Crippen LogP contribution in [0.2, 0.25) is 0 Å². The van der Waals surface area contributed by atoms with Crippen molar-refractivity contribution in [2.75, 3.05) is 6.61 Å². The molecule has 1 aliphatic heterocycles. The van der Waals surface area contributed by atoms with E-state index in [0.29, 0.717) is 6.61 Å². The summed E-state index contributed by atoms with van der Waals surface area (Å²) in [5.41, 5.74) is 4.24. The third kappa shape index (κ3) is 2.73. The van der Waals surface area contributed by atoms with Crippen molar-refractivity contribution < 1.29 is 9.53 Å². The summed E-state index contributed by atoms with van der Waals surface area (Å²) in [4.78, 5) is 11.1. The van der Waals surface area contributed by atoms with Gasteiger partial charge in [-0.25, -0.2) is 4.79 Å². The first-order valence-electron chi connectivity index (χ1n) is 3.93. The molecule has 68 valence electrons. The van der Waals surface area contributed by atoms with Crippen molar-refractivity contribution in [1.82, 2.24) is 5.43 Å². The molecule has 0 aromatic heterocycles. The Kier molecular flexibility index (Phi) is 3.93. The first-order valence-corrected chi connectivity index (χ1v) is 4.88. The van der Waals surface area contributed by atoms with Crippen LogP contribution in [-0.4, -0.2) is 23.5 Å². The first kappa shape index (κ1) is 9.38. The Hall–Kier alpha value is -0.710. The number of ether oxygens (including phenoxy) is 1. The van der Waals surface area contributed by atoms with E-state index in [1.807, 2.05) is 0 Å². The van der Waals surface area contributed by atoms with E-state index < -0.39 is 0 Å².